The Morgan fingerprint density at radius 2 is 1.66 bits per heavy atom. The molecule has 3 rings (SSSR count). The highest BCUT2D eigenvalue weighted by molar-refractivity contribution is 7.91. The molecule has 0 aliphatic carbocycles. The quantitative estimate of drug-likeness (QED) is 0.663. The second-order valence-corrected chi connectivity index (χ2v) is 8.85. The predicted molar refractivity (Wildman–Crippen MR) is 104 cm³/mol. The van der Waals surface area contributed by atoms with Gasteiger partial charge in [-0.1, -0.05) is 12.1 Å². The number of benzene rings is 2. The van der Waals surface area contributed by atoms with E-state index in [1.165, 1.54) is 37.3 Å². The number of rotatable bonds is 6. The van der Waals surface area contributed by atoms with Gasteiger partial charge >= 0.3 is 5.76 Å². The Kier molecular flexibility index (Phi) is 6.28. The lowest BCUT2D eigenvalue weighted by Gasteiger charge is -2.36. The molecular formula is C20H21F3N2O3S. The summed E-state index contributed by atoms with van der Waals surface area (Å²) in [6.45, 7) is 4.43. The number of sulfone groups is 1. The van der Waals surface area contributed by atoms with Crippen molar-refractivity contribution in [1.29, 1.82) is 0 Å². The molecular weight excluding hydrogens is 405 g/mol. The molecule has 0 aromatic heterocycles. The highest BCUT2D eigenvalue weighted by atomic mass is 32.2. The number of carbonyl (C=O) groups is 1. The number of carbonyl (C=O) groups excluding carboxylic acids is 1. The van der Waals surface area contributed by atoms with Crippen LogP contribution in [0.4, 0.5) is 18.9 Å². The van der Waals surface area contributed by atoms with Crippen LogP contribution < -0.4 is 4.90 Å². The number of alkyl halides is 2. The summed E-state index contributed by atoms with van der Waals surface area (Å²) < 4.78 is 62.5. The van der Waals surface area contributed by atoms with Gasteiger partial charge in [-0.3, -0.25) is 9.69 Å². The van der Waals surface area contributed by atoms with Crippen LogP contribution in [0.3, 0.4) is 0 Å². The molecule has 1 aliphatic heterocycles. The van der Waals surface area contributed by atoms with Crippen molar-refractivity contribution in [1.82, 2.24) is 4.90 Å². The van der Waals surface area contributed by atoms with E-state index in [1.54, 1.807) is 12.1 Å². The molecule has 1 heterocycles. The summed E-state index contributed by atoms with van der Waals surface area (Å²) in [5.41, 5.74) is 1.60. The van der Waals surface area contributed by atoms with E-state index in [4.69, 9.17) is 0 Å². The summed E-state index contributed by atoms with van der Waals surface area (Å²) in [7, 11) is -4.59. The van der Waals surface area contributed by atoms with E-state index in [0.717, 1.165) is 5.56 Å². The first kappa shape index (κ1) is 21.3. The normalized spacial score (nSPS) is 15.7. The number of piperazine rings is 1. The average molecular weight is 426 g/mol. The number of halogens is 3. The van der Waals surface area contributed by atoms with Crippen LogP contribution in [-0.2, 0) is 16.4 Å². The lowest BCUT2D eigenvalue weighted by atomic mass is 10.1. The van der Waals surface area contributed by atoms with E-state index in [2.05, 4.69) is 4.90 Å². The van der Waals surface area contributed by atoms with E-state index < -0.39 is 26.3 Å². The Balaban J connectivity index is 1.60. The summed E-state index contributed by atoms with van der Waals surface area (Å²) in [5, 5.41) is 0. The zero-order valence-corrected chi connectivity index (χ0v) is 16.6. The summed E-state index contributed by atoms with van der Waals surface area (Å²) in [6, 6.07) is 9.92. The van der Waals surface area contributed by atoms with Crippen LogP contribution in [0, 0.1) is 5.82 Å². The van der Waals surface area contributed by atoms with Crippen molar-refractivity contribution in [2.45, 2.75) is 24.1 Å². The third-order valence-electron chi connectivity index (χ3n) is 4.96. The second kappa shape index (κ2) is 8.54. The zero-order valence-electron chi connectivity index (χ0n) is 15.8. The van der Waals surface area contributed by atoms with Crippen molar-refractivity contribution in [3.63, 3.8) is 0 Å². The minimum atomic E-state index is -4.59. The highest BCUT2D eigenvalue weighted by Gasteiger charge is 2.26. The molecule has 1 aliphatic rings. The van der Waals surface area contributed by atoms with Gasteiger partial charge < -0.3 is 4.90 Å². The maximum Gasteiger partial charge on any atom is 0.341 e. The van der Waals surface area contributed by atoms with Crippen molar-refractivity contribution in [2.24, 2.45) is 0 Å². The van der Waals surface area contributed by atoms with Crippen molar-refractivity contribution in [2.75, 3.05) is 31.1 Å². The number of anilines is 1. The summed E-state index contributed by atoms with van der Waals surface area (Å²) in [4.78, 5) is 15.0. The molecule has 0 amide bonds. The Labute approximate surface area is 167 Å². The molecule has 0 spiro atoms. The van der Waals surface area contributed by atoms with Crippen LogP contribution >= 0.6 is 0 Å². The summed E-state index contributed by atoms with van der Waals surface area (Å²) >= 11 is 0. The fraction of sp³-hybridized carbons (Fsp3) is 0.350. The third kappa shape index (κ3) is 4.79. The average Bonchev–Trinajstić information content (AvgIpc) is 2.69. The van der Waals surface area contributed by atoms with Crippen molar-refractivity contribution >= 4 is 21.3 Å². The first-order valence-electron chi connectivity index (χ1n) is 9.07. The maximum absolute atomic E-state index is 14.3. The second-order valence-electron chi connectivity index (χ2n) is 6.94. The van der Waals surface area contributed by atoms with Crippen molar-refractivity contribution < 1.29 is 26.4 Å². The molecule has 0 bridgehead atoms. The summed E-state index contributed by atoms with van der Waals surface area (Å²) in [6.07, 6.45) is 0. The zero-order chi connectivity index (χ0) is 21.2. The van der Waals surface area contributed by atoms with Crippen LogP contribution in [0.25, 0.3) is 0 Å². The predicted octanol–water partition coefficient (Wildman–Crippen LogP) is 3.35. The van der Waals surface area contributed by atoms with Gasteiger partial charge in [-0.15, -0.1) is 0 Å². The topological polar surface area (TPSA) is 57.7 Å². The number of hydrogen-bond donors (Lipinski definition) is 0. The van der Waals surface area contributed by atoms with Gasteiger partial charge in [0.1, 0.15) is 5.82 Å². The smallest absolute Gasteiger partial charge is 0.341 e. The van der Waals surface area contributed by atoms with E-state index in [-0.39, 0.29) is 5.78 Å². The van der Waals surface area contributed by atoms with Gasteiger partial charge in [0.05, 0.1) is 10.6 Å². The minimum Gasteiger partial charge on any atom is -0.367 e. The Bertz CT molecular complexity index is 987. The molecule has 0 atom stereocenters. The lowest BCUT2D eigenvalue weighted by molar-refractivity contribution is 0.101. The Morgan fingerprint density at radius 1 is 1.03 bits per heavy atom. The van der Waals surface area contributed by atoms with Gasteiger partial charge in [-0.05, 0) is 42.8 Å². The van der Waals surface area contributed by atoms with Gasteiger partial charge in [-0.2, -0.15) is 8.78 Å². The van der Waals surface area contributed by atoms with Gasteiger partial charge in [0, 0.05) is 38.3 Å². The monoisotopic (exact) mass is 426 g/mol. The molecule has 1 fully saturated rings. The SMILES string of the molecule is CC(=O)c1ccc(N2CCN(Cc3ccc(S(=O)(=O)C(F)F)cc3)CC2)c(F)c1. The first-order valence-corrected chi connectivity index (χ1v) is 10.6. The fourth-order valence-electron chi connectivity index (χ4n) is 3.27. The molecule has 2 aromatic rings. The molecule has 1 saturated heterocycles. The number of ketones is 1. The van der Waals surface area contributed by atoms with Gasteiger partial charge in [0.25, 0.3) is 0 Å². The van der Waals surface area contributed by atoms with Crippen LogP contribution in [0.1, 0.15) is 22.8 Å². The van der Waals surface area contributed by atoms with Gasteiger partial charge in [-0.25, -0.2) is 12.8 Å². The highest BCUT2D eigenvalue weighted by Crippen LogP contribution is 2.23. The Hall–Kier alpha value is -2.39. The lowest BCUT2D eigenvalue weighted by Crippen LogP contribution is -2.46. The minimum absolute atomic E-state index is 0.187. The molecule has 0 radical (unpaired) electrons. The molecule has 156 valence electrons. The van der Waals surface area contributed by atoms with Crippen LogP contribution in [0.2, 0.25) is 0 Å². The van der Waals surface area contributed by atoms with Crippen LogP contribution in [-0.4, -0.2) is 51.0 Å². The number of hydrogen-bond acceptors (Lipinski definition) is 5. The molecule has 0 unspecified atom stereocenters. The van der Waals surface area contributed by atoms with E-state index in [1.807, 2.05) is 4.90 Å². The van der Waals surface area contributed by atoms with Gasteiger partial charge in [0.15, 0.2) is 5.78 Å². The van der Waals surface area contributed by atoms with Crippen LogP contribution in [0.5, 0.6) is 0 Å². The van der Waals surface area contributed by atoms with E-state index in [0.29, 0.717) is 44.0 Å². The standard InChI is InChI=1S/C20H21F3N2O3S/c1-14(26)16-4-7-19(18(21)12-16)25-10-8-24(9-11-25)13-15-2-5-17(6-3-15)29(27,28)20(22)23/h2-7,12,20H,8-11,13H2,1H3. The molecule has 29 heavy (non-hydrogen) atoms. The van der Waals surface area contributed by atoms with Crippen molar-refractivity contribution in [3.8, 4) is 0 Å². The van der Waals surface area contributed by atoms with E-state index >= 15 is 0 Å². The first-order chi connectivity index (χ1) is 13.7. The van der Waals surface area contributed by atoms with Gasteiger partial charge in [0.2, 0.25) is 9.84 Å². The molecule has 9 heteroatoms. The number of Topliss-reactive ketones (excluding diaryl/α,β-unsaturated/α-hetero) is 1. The third-order valence-corrected chi connectivity index (χ3v) is 6.36. The maximum atomic E-state index is 14.3. The molecule has 5 nitrogen and oxygen atoms in total. The molecule has 0 N–H and O–H groups in total. The molecule has 2 aromatic carbocycles. The largest absolute Gasteiger partial charge is 0.367 e. The van der Waals surface area contributed by atoms with E-state index in [9.17, 15) is 26.4 Å². The number of nitrogens with zero attached hydrogens (tertiary/aromatic N) is 2. The summed E-state index contributed by atoms with van der Waals surface area (Å²) in [5.74, 6) is -4.05. The van der Waals surface area contributed by atoms with Crippen LogP contribution in [0.15, 0.2) is 47.4 Å². The fourth-order valence-corrected chi connectivity index (χ4v) is 4.00. The Morgan fingerprint density at radius 3 is 2.17 bits per heavy atom. The molecule has 0 saturated carbocycles. The van der Waals surface area contributed by atoms with Crippen molar-refractivity contribution in [3.05, 3.63) is 59.4 Å².